The van der Waals surface area contributed by atoms with E-state index in [2.05, 4.69) is 5.32 Å². The topological polar surface area (TPSA) is 88.9 Å². The monoisotopic (exact) mass is 370 g/mol. The Balaban J connectivity index is 1.55. The number of anilines is 1. The Morgan fingerprint density at radius 1 is 1.15 bits per heavy atom. The highest BCUT2D eigenvalue weighted by atomic mass is 16.5. The molecule has 0 spiro atoms. The number of carbonyl (C=O) groups is 3. The predicted octanol–water partition coefficient (Wildman–Crippen LogP) is 2.95. The first-order valence-electron chi connectivity index (χ1n) is 8.99. The van der Waals surface area contributed by atoms with E-state index >= 15 is 0 Å². The van der Waals surface area contributed by atoms with E-state index < -0.39 is 0 Å². The molecule has 1 aliphatic rings. The van der Waals surface area contributed by atoms with Gasteiger partial charge in [0.2, 0.25) is 0 Å². The molecule has 1 N–H and O–H groups in total. The van der Waals surface area contributed by atoms with Crippen LogP contribution in [0.4, 0.5) is 5.69 Å². The lowest BCUT2D eigenvalue weighted by atomic mass is 9.96. The Morgan fingerprint density at radius 3 is 2.44 bits per heavy atom. The van der Waals surface area contributed by atoms with Crippen LogP contribution in [-0.4, -0.2) is 42.4 Å². The average molecular weight is 370 g/mol. The molecule has 3 rings (SSSR count). The molecule has 0 aliphatic carbocycles. The quantitative estimate of drug-likeness (QED) is 0.818. The molecule has 1 aromatic carbocycles. The minimum atomic E-state index is -0.347. The number of benzene rings is 1. The number of ether oxygens (including phenoxy) is 1. The maximum atomic E-state index is 12.6. The van der Waals surface area contributed by atoms with Crippen molar-refractivity contribution in [1.29, 1.82) is 0 Å². The summed E-state index contributed by atoms with van der Waals surface area (Å²) < 4.78 is 10.1. The molecule has 2 aromatic rings. The van der Waals surface area contributed by atoms with Gasteiger partial charge in [-0.1, -0.05) is 0 Å². The van der Waals surface area contributed by atoms with Crippen molar-refractivity contribution in [2.45, 2.75) is 19.8 Å². The second-order valence-electron chi connectivity index (χ2n) is 6.33. The molecule has 7 nitrogen and oxygen atoms in total. The van der Waals surface area contributed by atoms with Crippen LogP contribution in [0.5, 0.6) is 0 Å². The highest BCUT2D eigenvalue weighted by molar-refractivity contribution is 6.02. The van der Waals surface area contributed by atoms with E-state index in [1.54, 1.807) is 48.2 Å². The number of nitrogens with zero attached hydrogens (tertiary/aromatic N) is 1. The van der Waals surface area contributed by atoms with Crippen LogP contribution in [0.1, 0.15) is 40.7 Å². The van der Waals surface area contributed by atoms with E-state index in [0.29, 0.717) is 43.8 Å². The van der Waals surface area contributed by atoms with Crippen molar-refractivity contribution in [3.05, 3.63) is 54.0 Å². The van der Waals surface area contributed by atoms with Crippen LogP contribution in [0, 0.1) is 5.92 Å². The van der Waals surface area contributed by atoms with Crippen LogP contribution in [0.3, 0.4) is 0 Å². The van der Waals surface area contributed by atoms with Crippen molar-refractivity contribution in [3.63, 3.8) is 0 Å². The first-order chi connectivity index (χ1) is 13.1. The normalized spacial score (nSPS) is 14.6. The lowest BCUT2D eigenvalue weighted by Gasteiger charge is -2.31. The summed E-state index contributed by atoms with van der Waals surface area (Å²) in [7, 11) is 0. The Morgan fingerprint density at radius 2 is 1.85 bits per heavy atom. The van der Waals surface area contributed by atoms with E-state index in [1.807, 2.05) is 0 Å². The number of nitrogens with one attached hydrogen (secondary N) is 1. The summed E-state index contributed by atoms with van der Waals surface area (Å²) in [5, 5.41) is 2.71. The van der Waals surface area contributed by atoms with Gasteiger partial charge in [0.25, 0.3) is 11.8 Å². The molecule has 1 fully saturated rings. The standard InChI is InChI=1S/C20H22N2O5/c1-2-26-20(25)15-9-11-22(12-10-15)19(24)14-5-7-16(8-6-14)21-18(23)17-4-3-13-27-17/h3-8,13,15H,2,9-12H2,1H3,(H,21,23). The number of likely N-dealkylation sites (tertiary alicyclic amines) is 1. The van der Waals surface area contributed by atoms with Gasteiger partial charge in [-0.25, -0.2) is 0 Å². The van der Waals surface area contributed by atoms with Gasteiger partial charge < -0.3 is 19.4 Å². The van der Waals surface area contributed by atoms with Gasteiger partial charge in [-0.3, -0.25) is 14.4 Å². The van der Waals surface area contributed by atoms with E-state index in [4.69, 9.17) is 9.15 Å². The Hall–Kier alpha value is -3.09. The summed E-state index contributed by atoms with van der Waals surface area (Å²) >= 11 is 0. The number of hydrogen-bond acceptors (Lipinski definition) is 5. The van der Waals surface area contributed by atoms with E-state index in [0.717, 1.165) is 0 Å². The molecule has 2 amide bonds. The molecule has 1 aliphatic heterocycles. The number of carbonyl (C=O) groups excluding carboxylic acids is 3. The van der Waals surface area contributed by atoms with Gasteiger partial charge >= 0.3 is 5.97 Å². The highest BCUT2D eigenvalue weighted by Crippen LogP contribution is 2.21. The number of amides is 2. The third kappa shape index (κ3) is 4.55. The molecule has 2 heterocycles. The SMILES string of the molecule is CCOC(=O)C1CCN(C(=O)c2ccc(NC(=O)c3ccco3)cc2)CC1. The number of rotatable bonds is 5. The van der Waals surface area contributed by atoms with Gasteiger partial charge in [0.05, 0.1) is 18.8 Å². The molecule has 1 aromatic heterocycles. The van der Waals surface area contributed by atoms with Crippen molar-refractivity contribution < 1.29 is 23.5 Å². The second kappa shape index (κ2) is 8.53. The average Bonchev–Trinajstić information content (AvgIpc) is 3.23. The molecule has 142 valence electrons. The molecule has 0 saturated carbocycles. The zero-order valence-corrected chi connectivity index (χ0v) is 15.1. The van der Waals surface area contributed by atoms with Gasteiger partial charge in [-0.05, 0) is 56.2 Å². The maximum absolute atomic E-state index is 12.6. The summed E-state index contributed by atoms with van der Waals surface area (Å²) in [6.07, 6.45) is 2.66. The smallest absolute Gasteiger partial charge is 0.309 e. The third-order valence-electron chi connectivity index (χ3n) is 4.54. The number of furan rings is 1. The van der Waals surface area contributed by atoms with Crippen molar-refractivity contribution in [1.82, 2.24) is 4.90 Å². The summed E-state index contributed by atoms with van der Waals surface area (Å²) in [5.41, 5.74) is 1.12. The van der Waals surface area contributed by atoms with E-state index in [1.165, 1.54) is 6.26 Å². The summed E-state index contributed by atoms with van der Waals surface area (Å²) in [6.45, 7) is 3.22. The fourth-order valence-corrected chi connectivity index (χ4v) is 3.06. The van der Waals surface area contributed by atoms with E-state index in [9.17, 15) is 14.4 Å². The number of hydrogen-bond donors (Lipinski definition) is 1. The Bertz CT molecular complexity index is 790. The predicted molar refractivity (Wildman–Crippen MR) is 98.4 cm³/mol. The molecule has 0 radical (unpaired) electrons. The highest BCUT2D eigenvalue weighted by Gasteiger charge is 2.28. The molecular weight excluding hydrogens is 348 g/mol. The second-order valence-corrected chi connectivity index (χ2v) is 6.33. The zero-order chi connectivity index (χ0) is 19.2. The molecule has 0 unspecified atom stereocenters. The van der Waals surface area contributed by atoms with Crippen LogP contribution in [0.25, 0.3) is 0 Å². The summed E-state index contributed by atoms with van der Waals surface area (Å²) in [4.78, 5) is 38.1. The summed E-state index contributed by atoms with van der Waals surface area (Å²) in [5.74, 6) is -0.518. The van der Waals surface area contributed by atoms with Crippen molar-refractivity contribution in [3.8, 4) is 0 Å². The van der Waals surface area contributed by atoms with E-state index in [-0.39, 0.29) is 29.5 Å². The molecule has 7 heteroatoms. The maximum Gasteiger partial charge on any atom is 0.309 e. The number of esters is 1. The van der Waals surface area contributed by atoms with Crippen LogP contribution < -0.4 is 5.32 Å². The van der Waals surface area contributed by atoms with Crippen LogP contribution in [0.15, 0.2) is 47.1 Å². The lowest BCUT2D eigenvalue weighted by molar-refractivity contribution is -0.149. The minimum absolute atomic E-state index is 0.0822. The Labute approximate surface area is 157 Å². The molecule has 0 bridgehead atoms. The van der Waals surface area contributed by atoms with Crippen molar-refractivity contribution >= 4 is 23.5 Å². The first-order valence-corrected chi connectivity index (χ1v) is 8.99. The fraction of sp³-hybridized carbons (Fsp3) is 0.350. The van der Waals surface area contributed by atoms with Gasteiger partial charge in [0.15, 0.2) is 5.76 Å². The lowest BCUT2D eigenvalue weighted by Crippen LogP contribution is -2.40. The molecule has 27 heavy (non-hydrogen) atoms. The van der Waals surface area contributed by atoms with Crippen LogP contribution in [-0.2, 0) is 9.53 Å². The fourth-order valence-electron chi connectivity index (χ4n) is 3.06. The Kier molecular flexibility index (Phi) is 5.90. The first kappa shape index (κ1) is 18.7. The zero-order valence-electron chi connectivity index (χ0n) is 15.1. The van der Waals surface area contributed by atoms with Gasteiger partial charge in [-0.2, -0.15) is 0 Å². The summed E-state index contributed by atoms with van der Waals surface area (Å²) in [6, 6.07) is 9.93. The van der Waals surface area contributed by atoms with Gasteiger partial charge in [-0.15, -0.1) is 0 Å². The van der Waals surface area contributed by atoms with Gasteiger partial charge in [0.1, 0.15) is 0 Å². The minimum Gasteiger partial charge on any atom is -0.466 e. The molecule has 1 saturated heterocycles. The van der Waals surface area contributed by atoms with Gasteiger partial charge in [0, 0.05) is 24.3 Å². The van der Waals surface area contributed by atoms with Crippen molar-refractivity contribution in [2.24, 2.45) is 5.92 Å². The molecule has 0 atom stereocenters. The van der Waals surface area contributed by atoms with Crippen LogP contribution >= 0.6 is 0 Å². The largest absolute Gasteiger partial charge is 0.466 e. The third-order valence-corrected chi connectivity index (χ3v) is 4.54. The molecular formula is C20H22N2O5. The van der Waals surface area contributed by atoms with Crippen LogP contribution in [0.2, 0.25) is 0 Å². The van der Waals surface area contributed by atoms with Crippen molar-refractivity contribution in [2.75, 3.05) is 25.0 Å². The number of piperidine rings is 1.